The van der Waals surface area contributed by atoms with E-state index in [1.54, 1.807) is 0 Å². The van der Waals surface area contributed by atoms with Crippen molar-refractivity contribution in [1.29, 1.82) is 0 Å². The summed E-state index contributed by atoms with van der Waals surface area (Å²) in [7, 11) is 0. The van der Waals surface area contributed by atoms with Crippen molar-refractivity contribution in [2.75, 3.05) is 10.6 Å². The van der Waals surface area contributed by atoms with Crippen molar-refractivity contribution in [2.24, 2.45) is 0 Å². The molecule has 120 valence electrons. The fourth-order valence-electron chi connectivity index (χ4n) is 2.89. The van der Waals surface area contributed by atoms with Crippen LogP contribution in [-0.4, -0.2) is 27.0 Å². The molecule has 2 saturated carbocycles. The lowest BCUT2D eigenvalue weighted by Gasteiger charge is -2.21. The van der Waals surface area contributed by atoms with E-state index >= 15 is 0 Å². The number of nitro groups is 1. The Hall–Kier alpha value is -1.92. The Balaban J connectivity index is 1.70. The van der Waals surface area contributed by atoms with Gasteiger partial charge in [-0.05, 0) is 25.7 Å². The molecule has 0 aromatic carbocycles. The third-order valence-electron chi connectivity index (χ3n) is 4.32. The van der Waals surface area contributed by atoms with Crippen LogP contribution in [0.2, 0.25) is 0 Å². The smallest absolute Gasteiger partial charge is 0.329 e. The molecule has 3 rings (SSSR count). The van der Waals surface area contributed by atoms with Gasteiger partial charge in [-0.2, -0.15) is 4.98 Å². The van der Waals surface area contributed by atoms with Crippen LogP contribution in [0, 0.1) is 10.1 Å². The Labute approximate surface area is 130 Å². The number of nitrogens with one attached hydrogen (secondary N) is 2. The molecule has 0 aliphatic heterocycles. The summed E-state index contributed by atoms with van der Waals surface area (Å²) in [6.45, 7) is 0. The second kappa shape index (κ2) is 6.89. The minimum atomic E-state index is -0.426. The van der Waals surface area contributed by atoms with Crippen molar-refractivity contribution in [1.82, 2.24) is 9.97 Å². The van der Waals surface area contributed by atoms with E-state index in [2.05, 4.69) is 20.6 Å². The van der Waals surface area contributed by atoms with Crippen molar-refractivity contribution < 1.29 is 4.92 Å². The molecule has 2 aliphatic rings. The molecule has 0 radical (unpaired) electrons. The van der Waals surface area contributed by atoms with Crippen molar-refractivity contribution >= 4 is 17.5 Å². The van der Waals surface area contributed by atoms with Crippen molar-refractivity contribution in [2.45, 2.75) is 69.9 Å². The van der Waals surface area contributed by atoms with E-state index in [-0.39, 0.29) is 5.69 Å². The molecule has 7 heteroatoms. The molecule has 1 heterocycles. The van der Waals surface area contributed by atoms with Gasteiger partial charge in [0.15, 0.2) is 0 Å². The highest BCUT2D eigenvalue weighted by molar-refractivity contribution is 5.58. The summed E-state index contributed by atoms with van der Waals surface area (Å²) in [5.74, 6) is 0.843. The maximum Gasteiger partial charge on any atom is 0.329 e. The average molecular weight is 305 g/mol. The second-order valence-electron chi connectivity index (χ2n) is 6.29. The largest absolute Gasteiger partial charge is 0.361 e. The van der Waals surface area contributed by atoms with Gasteiger partial charge in [0.05, 0.1) is 4.92 Å². The van der Waals surface area contributed by atoms with E-state index < -0.39 is 4.92 Å². The number of hydrogen-bond acceptors (Lipinski definition) is 6. The summed E-state index contributed by atoms with van der Waals surface area (Å²) in [6.07, 6.45) is 12.0. The van der Waals surface area contributed by atoms with Gasteiger partial charge in [-0.15, -0.1) is 0 Å². The first-order valence-corrected chi connectivity index (χ1v) is 8.27. The monoisotopic (exact) mass is 305 g/mol. The van der Waals surface area contributed by atoms with Crippen molar-refractivity contribution in [3.8, 4) is 0 Å². The number of rotatable bonds is 5. The van der Waals surface area contributed by atoms with E-state index in [0.717, 1.165) is 25.7 Å². The van der Waals surface area contributed by atoms with E-state index in [1.807, 2.05) is 0 Å². The van der Waals surface area contributed by atoms with Gasteiger partial charge in [-0.1, -0.05) is 32.1 Å². The molecule has 2 fully saturated rings. The summed E-state index contributed by atoms with van der Waals surface area (Å²) in [5.41, 5.74) is -0.0462. The summed E-state index contributed by atoms with van der Waals surface area (Å²) >= 11 is 0. The fraction of sp³-hybridized carbons (Fsp3) is 0.733. The summed E-state index contributed by atoms with van der Waals surface area (Å²) in [4.78, 5) is 19.1. The van der Waals surface area contributed by atoms with Crippen molar-refractivity contribution in [3.05, 3.63) is 16.3 Å². The third kappa shape index (κ3) is 4.05. The van der Waals surface area contributed by atoms with E-state index in [9.17, 15) is 10.1 Å². The van der Waals surface area contributed by atoms with Crippen LogP contribution >= 0.6 is 0 Å². The normalized spacial score (nSPS) is 20.0. The molecule has 0 spiro atoms. The zero-order valence-electron chi connectivity index (χ0n) is 12.8. The van der Waals surface area contributed by atoms with Crippen LogP contribution in [-0.2, 0) is 0 Å². The standard InChI is InChI=1S/C15H23N5O2/c21-20(22)13-10-16-15(19-14(13)17-12-8-9-12)18-11-6-4-2-1-3-5-7-11/h10-12H,1-9H2,(H2,16,17,18,19). The molecule has 7 nitrogen and oxygen atoms in total. The van der Waals surface area contributed by atoms with Crippen LogP contribution in [0.3, 0.4) is 0 Å². The predicted octanol–water partition coefficient (Wildman–Crippen LogP) is 3.48. The number of aromatic nitrogens is 2. The molecular formula is C15H23N5O2. The molecule has 1 aromatic heterocycles. The van der Waals surface area contributed by atoms with Gasteiger partial charge in [0.25, 0.3) is 0 Å². The third-order valence-corrected chi connectivity index (χ3v) is 4.32. The Bertz CT molecular complexity index is 525. The zero-order chi connectivity index (χ0) is 15.4. The lowest BCUT2D eigenvalue weighted by molar-refractivity contribution is -0.384. The van der Waals surface area contributed by atoms with Gasteiger partial charge in [-0.25, -0.2) is 4.98 Å². The number of nitrogens with zero attached hydrogens (tertiary/aromatic N) is 3. The Morgan fingerprint density at radius 3 is 2.27 bits per heavy atom. The lowest BCUT2D eigenvalue weighted by Crippen LogP contribution is -2.22. The van der Waals surface area contributed by atoms with Crippen LogP contribution in [0.5, 0.6) is 0 Å². The topological polar surface area (TPSA) is 93.0 Å². The van der Waals surface area contributed by atoms with E-state index in [4.69, 9.17) is 0 Å². The summed E-state index contributed by atoms with van der Waals surface area (Å²) < 4.78 is 0. The lowest BCUT2D eigenvalue weighted by atomic mass is 9.97. The highest BCUT2D eigenvalue weighted by Crippen LogP contribution is 2.30. The van der Waals surface area contributed by atoms with Gasteiger partial charge >= 0.3 is 5.69 Å². The quantitative estimate of drug-likeness (QED) is 0.639. The molecule has 0 bridgehead atoms. The zero-order valence-corrected chi connectivity index (χ0v) is 12.8. The highest BCUT2D eigenvalue weighted by Gasteiger charge is 2.26. The molecule has 1 aromatic rings. The van der Waals surface area contributed by atoms with E-state index in [0.29, 0.717) is 23.8 Å². The first kappa shape index (κ1) is 15.0. The number of hydrogen-bond donors (Lipinski definition) is 2. The summed E-state index contributed by atoms with van der Waals surface area (Å²) in [6, 6.07) is 0.693. The molecule has 0 unspecified atom stereocenters. The Morgan fingerprint density at radius 2 is 1.64 bits per heavy atom. The molecule has 22 heavy (non-hydrogen) atoms. The van der Waals surface area contributed by atoms with Crippen LogP contribution in [0.25, 0.3) is 0 Å². The van der Waals surface area contributed by atoms with Crippen molar-refractivity contribution in [3.63, 3.8) is 0 Å². The van der Waals surface area contributed by atoms with Crippen LogP contribution in [0.4, 0.5) is 17.5 Å². The minimum absolute atomic E-state index is 0.0462. The first-order valence-electron chi connectivity index (χ1n) is 8.27. The first-order chi connectivity index (χ1) is 10.7. The SMILES string of the molecule is O=[N+]([O-])c1cnc(NC2CCCCCCC2)nc1NC1CC1. The molecule has 0 saturated heterocycles. The molecule has 2 aliphatic carbocycles. The second-order valence-corrected chi connectivity index (χ2v) is 6.29. The molecular weight excluding hydrogens is 282 g/mol. The van der Waals surface area contributed by atoms with Gasteiger partial charge in [0.1, 0.15) is 6.20 Å². The van der Waals surface area contributed by atoms with Crippen LogP contribution in [0.1, 0.15) is 57.8 Å². The van der Waals surface area contributed by atoms with Gasteiger partial charge in [0, 0.05) is 12.1 Å². The van der Waals surface area contributed by atoms with Gasteiger partial charge in [-0.3, -0.25) is 10.1 Å². The maximum atomic E-state index is 11.1. The average Bonchev–Trinajstić information content (AvgIpc) is 3.25. The fourth-order valence-corrected chi connectivity index (χ4v) is 2.89. The van der Waals surface area contributed by atoms with Gasteiger partial charge in [0.2, 0.25) is 11.8 Å². The molecule has 2 N–H and O–H groups in total. The molecule has 0 atom stereocenters. The van der Waals surface area contributed by atoms with Crippen LogP contribution in [0.15, 0.2) is 6.20 Å². The highest BCUT2D eigenvalue weighted by atomic mass is 16.6. The van der Waals surface area contributed by atoms with Gasteiger partial charge < -0.3 is 10.6 Å². The summed E-state index contributed by atoms with van der Waals surface area (Å²) in [5, 5.41) is 17.6. The minimum Gasteiger partial charge on any atom is -0.361 e. The number of anilines is 2. The maximum absolute atomic E-state index is 11.1. The van der Waals surface area contributed by atoms with E-state index in [1.165, 1.54) is 38.3 Å². The Kier molecular flexibility index (Phi) is 4.70. The van der Waals surface area contributed by atoms with Crippen LogP contribution < -0.4 is 10.6 Å². The molecule has 0 amide bonds. The predicted molar refractivity (Wildman–Crippen MR) is 85.1 cm³/mol. The Morgan fingerprint density at radius 1 is 1.00 bits per heavy atom.